The highest BCUT2D eigenvalue weighted by Crippen LogP contribution is 2.10. The summed E-state index contributed by atoms with van der Waals surface area (Å²) in [7, 11) is 1.70. The second-order valence-corrected chi connectivity index (χ2v) is 5.10. The Morgan fingerprint density at radius 1 is 1.09 bits per heavy atom. The van der Waals surface area contributed by atoms with Crippen LogP contribution < -0.4 is 4.74 Å². The topological polar surface area (TPSA) is 38.8 Å². The highest BCUT2D eigenvalue weighted by Gasteiger charge is 2.09. The zero-order valence-corrected chi connectivity index (χ0v) is 13.1. The second kappa shape index (κ2) is 8.90. The van der Waals surface area contributed by atoms with Gasteiger partial charge in [0.15, 0.2) is 0 Å². The van der Waals surface area contributed by atoms with Gasteiger partial charge < -0.3 is 14.4 Å². The van der Waals surface area contributed by atoms with Crippen molar-refractivity contribution in [2.24, 2.45) is 0 Å². The fraction of sp³-hybridized carbons (Fsp3) is 0.278. The minimum Gasteiger partial charge on any atom is -0.492 e. The number of likely N-dealkylation sites (N-methyl/N-ethyl adjacent to an activating group) is 1. The smallest absolute Gasteiger partial charge is 0.248 e. The number of amides is 1. The highest BCUT2D eigenvalue weighted by molar-refractivity contribution is 5.77. The number of halogens is 1. The lowest BCUT2D eigenvalue weighted by atomic mass is 10.2. The average molecular weight is 317 g/mol. The molecule has 0 aliphatic heterocycles. The van der Waals surface area contributed by atoms with E-state index in [1.165, 1.54) is 12.1 Å². The van der Waals surface area contributed by atoms with Gasteiger partial charge in [0, 0.05) is 7.05 Å². The summed E-state index contributed by atoms with van der Waals surface area (Å²) >= 11 is 0. The number of nitrogens with zero attached hydrogens (tertiary/aromatic N) is 1. The Morgan fingerprint density at radius 3 is 2.48 bits per heavy atom. The van der Waals surface area contributed by atoms with E-state index in [2.05, 4.69) is 0 Å². The molecule has 0 aliphatic rings. The van der Waals surface area contributed by atoms with Gasteiger partial charge in [-0.15, -0.1) is 0 Å². The van der Waals surface area contributed by atoms with Crippen LogP contribution in [0.4, 0.5) is 4.39 Å². The summed E-state index contributed by atoms with van der Waals surface area (Å²) < 4.78 is 23.6. The summed E-state index contributed by atoms with van der Waals surface area (Å²) in [6.45, 7) is 1.21. The number of hydrogen-bond acceptors (Lipinski definition) is 3. The van der Waals surface area contributed by atoms with Crippen LogP contribution in [0.15, 0.2) is 54.6 Å². The molecule has 0 aromatic heterocycles. The van der Waals surface area contributed by atoms with Crippen molar-refractivity contribution in [3.05, 3.63) is 66.0 Å². The summed E-state index contributed by atoms with van der Waals surface area (Å²) in [5, 5.41) is 0. The molecule has 122 valence electrons. The summed E-state index contributed by atoms with van der Waals surface area (Å²) in [6.07, 6.45) is 0. The van der Waals surface area contributed by atoms with Crippen LogP contribution in [0.25, 0.3) is 0 Å². The first-order chi connectivity index (χ1) is 11.1. The third-order valence-electron chi connectivity index (χ3n) is 3.27. The van der Waals surface area contributed by atoms with Crippen molar-refractivity contribution < 1.29 is 18.7 Å². The zero-order chi connectivity index (χ0) is 16.5. The molecule has 0 radical (unpaired) electrons. The van der Waals surface area contributed by atoms with E-state index >= 15 is 0 Å². The van der Waals surface area contributed by atoms with Gasteiger partial charge in [-0.25, -0.2) is 4.39 Å². The normalized spacial score (nSPS) is 10.3. The Kier molecular flexibility index (Phi) is 6.56. The SMILES string of the molecule is CN(CCOc1ccc(F)cc1)C(=O)COCc1ccccc1. The molecule has 0 aliphatic carbocycles. The minimum atomic E-state index is -0.305. The van der Waals surface area contributed by atoms with E-state index in [1.54, 1.807) is 24.1 Å². The molecule has 0 unspecified atom stereocenters. The van der Waals surface area contributed by atoms with Crippen molar-refractivity contribution in [3.63, 3.8) is 0 Å². The van der Waals surface area contributed by atoms with Crippen molar-refractivity contribution >= 4 is 5.91 Å². The highest BCUT2D eigenvalue weighted by atomic mass is 19.1. The lowest BCUT2D eigenvalue weighted by molar-refractivity contribution is -0.135. The van der Waals surface area contributed by atoms with Gasteiger partial charge in [0.25, 0.3) is 0 Å². The number of hydrogen-bond donors (Lipinski definition) is 0. The van der Waals surface area contributed by atoms with E-state index in [-0.39, 0.29) is 18.3 Å². The Balaban J connectivity index is 1.63. The zero-order valence-electron chi connectivity index (χ0n) is 13.1. The molecule has 0 fully saturated rings. The maximum Gasteiger partial charge on any atom is 0.248 e. The molecule has 2 aromatic carbocycles. The first-order valence-electron chi connectivity index (χ1n) is 7.39. The molecule has 2 aromatic rings. The molecule has 5 heteroatoms. The first-order valence-corrected chi connectivity index (χ1v) is 7.39. The monoisotopic (exact) mass is 317 g/mol. The molecule has 0 spiro atoms. The van der Waals surface area contributed by atoms with Crippen LogP contribution in [-0.2, 0) is 16.1 Å². The van der Waals surface area contributed by atoms with Gasteiger partial charge >= 0.3 is 0 Å². The van der Waals surface area contributed by atoms with Crippen LogP contribution in [0.3, 0.4) is 0 Å². The van der Waals surface area contributed by atoms with E-state index in [0.717, 1.165) is 5.56 Å². The van der Waals surface area contributed by atoms with Gasteiger partial charge in [0.1, 0.15) is 24.8 Å². The van der Waals surface area contributed by atoms with Crippen LogP contribution in [0.2, 0.25) is 0 Å². The van der Waals surface area contributed by atoms with E-state index in [4.69, 9.17) is 9.47 Å². The predicted molar refractivity (Wildman–Crippen MR) is 85.6 cm³/mol. The Labute approximate surface area is 135 Å². The Bertz CT molecular complexity index is 601. The standard InChI is InChI=1S/C18H20FNO3/c1-20(11-12-23-17-9-7-16(19)8-10-17)18(21)14-22-13-15-5-3-2-4-6-15/h2-10H,11-14H2,1H3. The quantitative estimate of drug-likeness (QED) is 0.751. The number of benzene rings is 2. The molecule has 2 rings (SSSR count). The number of ether oxygens (including phenoxy) is 2. The molecule has 0 bridgehead atoms. The van der Waals surface area contributed by atoms with Crippen molar-refractivity contribution in [1.82, 2.24) is 4.90 Å². The predicted octanol–water partition coefficient (Wildman–Crippen LogP) is 2.88. The minimum absolute atomic E-state index is 0.0297. The maximum atomic E-state index is 12.8. The molecule has 4 nitrogen and oxygen atoms in total. The molecule has 0 N–H and O–H groups in total. The van der Waals surface area contributed by atoms with Crippen LogP contribution >= 0.6 is 0 Å². The van der Waals surface area contributed by atoms with Gasteiger partial charge in [-0.05, 0) is 29.8 Å². The van der Waals surface area contributed by atoms with Crippen molar-refractivity contribution in [2.75, 3.05) is 26.8 Å². The summed E-state index contributed by atoms with van der Waals surface area (Å²) in [5.74, 6) is 0.163. The van der Waals surface area contributed by atoms with Crippen LogP contribution in [-0.4, -0.2) is 37.6 Å². The summed E-state index contributed by atoms with van der Waals surface area (Å²) in [4.78, 5) is 13.5. The molecule has 0 heterocycles. The fourth-order valence-corrected chi connectivity index (χ4v) is 1.90. The lowest BCUT2D eigenvalue weighted by Gasteiger charge is -2.17. The van der Waals surface area contributed by atoms with E-state index in [9.17, 15) is 9.18 Å². The van der Waals surface area contributed by atoms with E-state index in [0.29, 0.717) is 25.5 Å². The van der Waals surface area contributed by atoms with Crippen LogP contribution in [0.1, 0.15) is 5.56 Å². The van der Waals surface area contributed by atoms with Crippen molar-refractivity contribution in [2.45, 2.75) is 6.61 Å². The molecule has 0 saturated heterocycles. The number of carbonyl (C=O) groups excluding carboxylic acids is 1. The van der Waals surface area contributed by atoms with Crippen LogP contribution in [0, 0.1) is 5.82 Å². The van der Waals surface area contributed by atoms with Crippen molar-refractivity contribution in [3.8, 4) is 5.75 Å². The second-order valence-electron chi connectivity index (χ2n) is 5.10. The van der Waals surface area contributed by atoms with E-state index in [1.807, 2.05) is 30.3 Å². The largest absolute Gasteiger partial charge is 0.492 e. The first kappa shape index (κ1) is 17.0. The number of rotatable bonds is 8. The third-order valence-corrected chi connectivity index (χ3v) is 3.27. The Morgan fingerprint density at radius 2 is 1.78 bits per heavy atom. The molecule has 0 saturated carbocycles. The fourth-order valence-electron chi connectivity index (χ4n) is 1.90. The van der Waals surface area contributed by atoms with Crippen LogP contribution in [0.5, 0.6) is 5.75 Å². The molecule has 1 amide bonds. The van der Waals surface area contributed by atoms with Gasteiger partial charge in [-0.2, -0.15) is 0 Å². The molecule has 23 heavy (non-hydrogen) atoms. The molecular weight excluding hydrogens is 297 g/mol. The molecular formula is C18H20FNO3. The van der Waals surface area contributed by atoms with Gasteiger partial charge in [0.05, 0.1) is 13.2 Å². The Hall–Kier alpha value is -2.40. The summed E-state index contributed by atoms with van der Waals surface area (Å²) in [6, 6.07) is 15.5. The lowest BCUT2D eigenvalue weighted by Crippen LogP contribution is -2.33. The van der Waals surface area contributed by atoms with E-state index < -0.39 is 0 Å². The molecule has 0 atom stereocenters. The van der Waals surface area contributed by atoms with Gasteiger partial charge in [-0.1, -0.05) is 30.3 Å². The maximum absolute atomic E-state index is 12.8. The van der Waals surface area contributed by atoms with Gasteiger partial charge in [-0.3, -0.25) is 4.79 Å². The average Bonchev–Trinajstić information content (AvgIpc) is 2.57. The summed E-state index contributed by atoms with van der Waals surface area (Å²) in [5.41, 5.74) is 1.03. The third kappa shape index (κ3) is 6.08. The van der Waals surface area contributed by atoms with Gasteiger partial charge in [0.2, 0.25) is 5.91 Å². The van der Waals surface area contributed by atoms with Crippen molar-refractivity contribution in [1.29, 1.82) is 0 Å². The number of carbonyl (C=O) groups is 1.